The van der Waals surface area contributed by atoms with E-state index in [0.717, 1.165) is 5.56 Å². The molecule has 2 unspecified atom stereocenters. The topological polar surface area (TPSA) is 61.4 Å². The molecule has 2 atom stereocenters. The smallest absolute Gasteiger partial charge is 0.356 e. The molecule has 1 fully saturated rings. The minimum atomic E-state index is -4.22. The molecule has 172 valence electrons. The molecule has 0 radical (unpaired) electrons. The van der Waals surface area contributed by atoms with Gasteiger partial charge in [0.2, 0.25) is 5.91 Å². The summed E-state index contributed by atoms with van der Waals surface area (Å²) in [5, 5.41) is 5.98. The van der Waals surface area contributed by atoms with Crippen molar-refractivity contribution in [1.29, 1.82) is 0 Å². The Morgan fingerprint density at radius 2 is 1.78 bits per heavy atom. The molecule has 0 aromatic heterocycles. The molecule has 3 rings (SSSR count). The first-order valence-electron chi connectivity index (χ1n) is 10.4. The van der Waals surface area contributed by atoms with Gasteiger partial charge in [0.05, 0.1) is 29.6 Å². The third-order valence-corrected chi connectivity index (χ3v) is 5.71. The Labute approximate surface area is 189 Å². The lowest BCUT2D eigenvalue weighted by atomic mass is 10.0. The van der Waals surface area contributed by atoms with E-state index < -0.39 is 24.7 Å². The molecule has 1 heterocycles. The number of carbonyl (C=O) groups excluding carboxylic acids is 2. The van der Waals surface area contributed by atoms with Crippen molar-refractivity contribution in [1.82, 2.24) is 15.5 Å². The molecular weight excluding hydrogens is 443 g/mol. The van der Waals surface area contributed by atoms with Crippen molar-refractivity contribution in [3.05, 3.63) is 70.7 Å². The zero-order valence-corrected chi connectivity index (χ0v) is 18.1. The summed E-state index contributed by atoms with van der Waals surface area (Å²) in [6.07, 6.45) is -3.62. The predicted molar refractivity (Wildman–Crippen MR) is 116 cm³/mol. The molecule has 1 aliphatic rings. The van der Waals surface area contributed by atoms with Gasteiger partial charge in [0.1, 0.15) is 0 Å². The minimum absolute atomic E-state index is 0.000802. The minimum Gasteiger partial charge on any atom is -0.356 e. The van der Waals surface area contributed by atoms with Crippen LogP contribution in [-0.2, 0) is 4.79 Å². The maximum absolute atomic E-state index is 12.7. The maximum atomic E-state index is 12.7. The van der Waals surface area contributed by atoms with E-state index in [0.29, 0.717) is 36.6 Å². The second-order valence-electron chi connectivity index (χ2n) is 7.93. The molecule has 32 heavy (non-hydrogen) atoms. The SMILES string of the molecule is O=C(CC(NC(=O)c1ccccc1Cl)c1ccccc1)NCC1CCN(CC(F)(F)F)C1. The number of benzene rings is 2. The van der Waals surface area contributed by atoms with Crippen molar-refractivity contribution in [3.8, 4) is 0 Å². The molecule has 0 spiro atoms. The summed E-state index contributed by atoms with van der Waals surface area (Å²) in [6, 6.07) is 15.2. The van der Waals surface area contributed by atoms with Gasteiger partial charge in [0, 0.05) is 13.1 Å². The molecule has 0 aliphatic carbocycles. The highest BCUT2D eigenvalue weighted by molar-refractivity contribution is 6.33. The molecular formula is C23H25ClF3N3O2. The molecule has 9 heteroatoms. The van der Waals surface area contributed by atoms with Gasteiger partial charge in [-0.15, -0.1) is 0 Å². The van der Waals surface area contributed by atoms with Crippen LogP contribution in [0.4, 0.5) is 13.2 Å². The standard InChI is InChI=1S/C23H25ClF3N3O2/c24-19-9-5-4-8-18(19)22(32)29-20(17-6-2-1-3-7-17)12-21(31)28-13-16-10-11-30(14-16)15-23(25,26)27/h1-9,16,20H,10-15H2,(H,28,31)(H,29,32). The molecule has 2 aromatic rings. The second kappa shape index (κ2) is 10.8. The molecule has 2 aromatic carbocycles. The molecule has 1 aliphatic heterocycles. The van der Waals surface area contributed by atoms with E-state index >= 15 is 0 Å². The molecule has 5 nitrogen and oxygen atoms in total. The Bertz CT molecular complexity index is 924. The highest BCUT2D eigenvalue weighted by atomic mass is 35.5. The van der Waals surface area contributed by atoms with Crippen LogP contribution in [0.5, 0.6) is 0 Å². The maximum Gasteiger partial charge on any atom is 0.401 e. The fourth-order valence-corrected chi connectivity index (χ4v) is 4.03. The Morgan fingerprint density at radius 3 is 2.47 bits per heavy atom. The molecule has 2 amide bonds. The van der Waals surface area contributed by atoms with E-state index in [1.54, 1.807) is 24.3 Å². The number of halogens is 4. The third kappa shape index (κ3) is 7.24. The average Bonchev–Trinajstić information content (AvgIpc) is 3.18. The van der Waals surface area contributed by atoms with Crippen LogP contribution in [0.3, 0.4) is 0 Å². The van der Waals surface area contributed by atoms with Gasteiger partial charge in [-0.25, -0.2) is 0 Å². The second-order valence-corrected chi connectivity index (χ2v) is 8.34. The normalized spacial score (nSPS) is 17.7. The first-order chi connectivity index (χ1) is 15.2. The van der Waals surface area contributed by atoms with Crippen molar-refractivity contribution < 1.29 is 22.8 Å². The number of hydrogen-bond donors (Lipinski definition) is 2. The van der Waals surface area contributed by atoms with Crippen LogP contribution in [0.1, 0.15) is 34.8 Å². The highest BCUT2D eigenvalue weighted by Crippen LogP contribution is 2.23. The number of nitrogens with zero attached hydrogens (tertiary/aromatic N) is 1. The lowest BCUT2D eigenvalue weighted by molar-refractivity contribution is -0.143. The van der Waals surface area contributed by atoms with Crippen LogP contribution in [0.25, 0.3) is 0 Å². The fraction of sp³-hybridized carbons (Fsp3) is 0.391. The van der Waals surface area contributed by atoms with E-state index in [4.69, 9.17) is 11.6 Å². The first-order valence-corrected chi connectivity index (χ1v) is 10.7. The van der Waals surface area contributed by atoms with Gasteiger partial charge in [-0.2, -0.15) is 13.2 Å². The largest absolute Gasteiger partial charge is 0.401 e. The van der Waals surface area contributed by atoms with E-state index in [1.165, 1.54) is 4.90 Å². The van der Waals surface area contributed by atoms with E-state index in [9.17, 15) is 22.8 Å². The lowest BCUT2D eigenvalue weighted by Gasteiger charge is -2.20. The average molecular weight is 468 g/mol. The van der Waals surface area contributed by atoms with Gasteiger partial charge in [0.15, 0.2) is 0 Å². The van der Waals surface area contributed by atoms with Gasteiger partial charge in [-0.1, -0.05) is 54.1 Å². The number of likely N-dealkylation sites (tertiary alicyclic amines) is 1. The Balaban J connectivity index is 1.57. The van der Waals surface area contributed by atoms with Gasteiger partial charge >= 0.3 is 6.18 Å². The number of alkyl halides is 3. The fourth-order valence-electron chi connectivity index (χ4n) is 3.81. The summed E-state index contributed by atoms with van der Waals surface area (Å²) in [5.41, 5.74) is 1.08. The number of carbonyl (C=O) groups is 2. The van der Waals surface area contributed by atoms with E-state index in [-0.39, 0.29) is 18.2 Å². The zero-order chi connectivity index (χ0) is 23.1. The van der Waals surface area contributed by atoms with Crippen LogP contribution in [0, 0.1) is 5.92 Å². The zero-order valence-electron chi connectivity index (χ0n) is 17.4. The molecule has 0 bridgehead atoms. The molecule has 0 saturated carbocycles. The number of hydrogen-bond acceptors (Lipinski definition) is 3. The summed E-state index contributed by atoms with van der Waals surface area (Å²) >= 11 is 6.11. The quantitative estimate of drug-likeness (QED) is 0.611. The number of nitrogens with one attached hydrogen (secondary N) is 2. The van der Waals surface area contributed by atoms with Gasteiger partial charge in [0.25, 0.3) is 5.91 Å². The Kier molecular flexibility index (Phi) is 8.15. The summed E-state index contributed by atoms with van der Waals surface area (Å²) < 4.78 is 37.7. The summed E-state index contributed by atoms with van der Waals surface area (Å²) in [5.74, 6) is -0.711. The van der Waals surface area contributed by atoms with Crippen molar-refractivity contribution >= 4 is 23.4 Å². The number of amides is 2. The summed E-state index contributed by atoms with van der Waals surface area (Å²) in [6.45, 7) is 0.0283. The van der Waals surface area contributed by atoms with Gasteiger partial charge < -0.3 is 10.6 Å². The van der Waals surface area contributed by atoms with Crippen LogP contribution < -0.4 is 10.6 Å². The molecule has 1 saturated heterocycles. The van der Waals surface area contributed by atoms with E-state index in [1.807, 2.05) is 30.3 Å². The third-order valence-electron chi connectivity index (χ3n) is 5.38. The monoisotopic (exact) mass is 467 g/mol. The van der Waals surface area contributed by atoms with Gasteiger partial charge in [-0.05, 0) is 36.6 Å². The van der Waals surface area contributed by atoms with E-state index in [2.05, 4.69) is 10.6 Å². The van der Waals surface area contributed by atoms with Crippen molar-refractivity contribution in [2.75, 3.05) is 26.2 Å². The summed E-state index contributed by atoms with van der Waals surface area (Å²) in [4.78, 5) is 26.7. The van der Waals surface area contributed by atoms with Crippen LogP contribution in [0.15, 0.2) is 54.6 Å². The predicted octanol–water partition coefficient (Wildman–Crippen LogP) is 4.20. The van der Waals surface area contributed by atoms with Crippen LogP contribution >= 0.6 is 11.6 Å². The lowest BCUT2D eigenvalue weighted by Crippen LogP contribution is -2.37. The Morgan fingerprint density at radius 1 is 1.09 bits per heavy atom. The van der Waals surface area contributed by atoms with Crippen molar-refractivity contribution in [2.24, 2.45) is 5.92 Å². The van der Waals surface area contributed by atoms with Crippen LogP contribution in [0.2, 0.25) is 5.02 Å². The highest BCUT2D eigenvalue weighted by Gasteiger charge is 2.34. The van der Waals surface area contributed by atoms with Gasteiger partial charge in [-0.3, -0.25) is 14.5 Å². The number of rotatable bonds is 8. The van der Waals surface area contributed by atoms with Crippen molar-refractivity contribution in [2.45, 2.75) is 25.1 Å². The van der Waals surface area contributed by atoms with Crippen molar-refractivity contribution in [3.63, 3.8) is 0 Å². The molecule has 2 N–H and O–H groups in total. The first kappa shape index (κ1) is 24.1. The Hall–Kier alpha value is -2.58. The van der Waals surface area contributed by atoms with Crippen LogP contribution in [-0.4, -0.2) is 49.1 Å². The summed E-state index contributed by atoms with van der Waals surface area (Å²) in [7, 11) is 0.